The molecule has 6 heteroatoms. The number of fused-ring (bicyclic) bond motifs is 2. The molecule has 2 heterocycles. The van der Waals surface area contributed by atoms with Gasteiger partial charge in [-0.15, -0.1) is 0 Å². The number of nitrogens with zero attached hydrogens (tertiary/aromatic N) is 4. The normalized spacial score (nSPS) is 18.8. The average molecular weight is 300 g/mol. The van der Waals surface area contributed by atoms with Crippen LogP contribution < -0.4 is 10.0 Å². The topological polar surface area (TPSA) is 31.2 Å². The van der Waals surface area contributed by atoms with Gasteiger partial charge in [0.05, 0.1) is 17.8 Å². The molecular formula is C16H14F2N4. The van der Waals surface area contributed by atoms with Gasteiger partial charge in [0.25, 0.3) is 0 Å². The average Bonchev–Trinajstić information content (AvgIpc) is 3.02. The number of halogens is 2. The first-order valence-electron chi connectivity index (χ1n) is 7.18. The summed E-state index contributed by atoms with van der Waals surface area (Å²) >= 11 is 0. The molecule has 0 spiro atoms. The Morgan fingerprint density at radius 1 is 0.864 bits per heavy atom. The molecule has 2 aromatic carbocycles. The maximum Gasteiger partial charge on any atom is 0.349 e. The van der Waals surface area contributed by atoms with E-state index in [4.69, 9.17) is 0 Å². The highest BCUT2D eigenvalue weighted by Gasteiger charge is 2.45. The van der Waals surface area contributed by atoms with Crippen molar-refractivity contribution in [3.8, 4) is 0 Å². The zero-order chi connectivity index (χ0) is 15.2. The van der Waals surface area contributed by atoms with Gasteiger partial charge in [-0.1, -0.05) is 36.4 Å². The molecular weight excluding hydrogens is 286 g/mol. The third-order valence-electron chi connectivity index (χ3n) is 4.03. The van der Waals surface area contributed by atoms with Crippen LogP contribution in [0, 0.1) is 0 Å². The van der Waals surface area contributed by atoms with E-state index in [-0.39, 0.29) is 6.42 Å². The number of para-hydroxylation sites is 2. The van der Waals surface area contributed by atoms with E-state index < -0.39 is 6.05 Å². The molecule has 2 aliphatic rings. The maximum absolute atomic E-state index is 14.1. The van der Waals surface area contributed by atoms with Crippen LogP contribution in [0.2, 0.25) is 0 Å². The van der Waals surface area contributed by atoms with Crippen molar-refractivity contribution in [1.29, 1.82) is 0 Å². The summed E-state index contributed by atoms with van der Waals surface area (Å²) in [7, 11) is 0. The molecule has 0 bridgehead atoms. The summed E-state index contributed by atoms with van der Waals surface area (Å²) in [5.41, 5.74) is 3.11. The molecule has 2 aromatic rings. The molecule has 4 rings (SSSR count). The Bertz CT molecular complexity index is 744. The van der Waals surface area contributed by atoms with Gasteiger partial charge in [-0.3, -0.25) is 0 Å². The highest BCUT2D eigenvalue weighted by molar-refractivity contribution is 5.59. The lowest BCUT2D eigenvalue weighted by molar-refractivity contribution is 0.00603. The number of anilines is 2. The van der Waals surface area contributed by atoms with Crippen LogP contribution in [0.15, 0.2) is 59.0 Å². The van der Waals surface area contributed by atoms with Gasteiger partial charge >= 0.3 is 6.05 Å². The summed E-state index contributed by atoms with van der Waals surface area (Å²) in [6, 6.07) is 11.6. The second-order valence-corrected chi connectivity index (χ2v) is 5.46. The second kappa shape index (κ2) is 4.76. The van der Waals surface area contributed by atoms with E-state index in [9.17, 15) is 8.78 Å². The van der Waals surface area contributed by atoms with E-state index >= 15 is 0 Å². The van der Waals surface area contributed by atoms with Crippen LogP contribution in [0.1, 0.15) is 11.1 Å². The minimum atomic E-state index is -3.04. The van der Waals surface area contributed by atoms with E-state index in [1.54, 1.807) is 29.3 Å². The first-order chi connectivity index (χ1) is 10.6. The predicted molar refractivity (Wildman–Crippen MR) is 79.9 cm³/mol. The number of hydrogen-bond donors (Lipinski definition) is 0. The van der Waals surface area contributed by atoms with Gasteiger partial charge in [0.2, 0.25) is 0 Å². The fourth-order valence-corrected chi connectivity index (χ4v) is 2.96. The number of rotatable bonds is 2. The van der Waals surface area contributed by atoms with E-state index in [1.165, 1.54) is 0 Å². The molecule has 0 atom stereocenters. The van der Waals surface area contributed by atoms with Crippen LogP contribution in [0.5, 0.6) is 0 Å². The molecule has 0 amide bonds. The Morgan fingerprint density at radius 3 is 2.36 bits per heavy atom. The highest BCUT2D eigenvalue weighted by atomic mass is 19.3. The maximum atomic E-state index is 14.1. The SMILES string of the molecule is FC1(F)Cc2ccccc2N1N=NN1CCc2ccccc21. The highest BCUT2D eigenvalue weighted by Crippen LogP contribution is 2.41. The van der Waals surface area contributed by atoms with Crippen molar-refractivity contribution >= 4 is 11.4 Å². The number of hydrogen-bond acceptors (Lipinski definition) is 2. The lowest BCUT2D eigenvalue weighted by atomic mass is 10.2. The Balaban J connectivity index is 1.64. The summed E-state index contributed by atoms with van der Waals surface area (Å²) in [6.45, 7) is 0.657. The minimum absolute atomic E-state index is 0.335. The van der Waals surface area contributed by atoms with Gasteiger partial charge in [0.1, 0.15) is 0 Å². The van der Waals surface area contributed by atoms with Crippen molar-refractivity contribution in [2.75, 3.05) is 16.6 Å². The molecule has 0 radical (unpaired) electrons. The molecule has 2 aliphatic heterocycles. The van der Waals surface area contributed by atoms with Crippen molar-refractivity contribution < 1.29 is 8.78 Å². The minimum Gasteiger partial charge on any atom is -0.245 e. The predicted octanol–water partition coefficient (Wildman–Crippen LogP) is 3.99. The van der Waals surface area contributed by atoms with Crippen LogP contribution in [0.4, 0.5) is 20.2 Å². The van der Waals surface area contributed by atoms with Crippen LogP contribution in [0.25, 0.3) is 0 Å². The van der Waals surface area contributed by atoms with Crippen molar-refractivity contribution in [2.24, 2.45) is 10.4 Å². The van der Waals surface area contributed by atoms with E-state index in [0.29, 0.717) is 17.8 Å². The van der Waals surface area contributed by atoms with Crippen LogP contribution in [-0.2, 0) is 12.8 Å². The summed E-state index contributed by atoms with van der Waals surface area (Å²) in [5, 5.41) is 10.3. The summed E-state index contributed by atoms with van der Waals surface area (Å²) in [5.74, 6) is 0. The van der Waals surface area contributed by atoms with E-state index in [1.807, 2.05) is 24.3 Å². The first-order valence-corrected chi connectivity index (χ1v) is 7.18. The lowest BCUT2D eigenvalue weighted by Gasteiger charge is -2.20. The van der Waals surface area contributed by atoms with Crippen molar-refractivity contribution in [3.05, 3.63) is 59.7 Å². The Hall–Kier alpha value is -2.50. The Morgan fingerprint density at radius 2 is 1.55 bits per heavy atom. The molecule has 0 aromatic heterocycles. The third-order valence-corrected chi connectivity index (χ3v) is 4.03. The van der Waals surface area contributed by atoms with Crippen molar-refractivity contribution in [1.82, 2.24) is 0 Å². The van der Waals surface area contributed by atoms with E-state index in [0.717, 1.165) is 22.7 Å². The standard InChI is InChI=1S/C16H14F2N4/c17-16(18)11-13-6-2-4-8-15(13)22(16)20-19-21-10-9-12-5-1-3-7-14(12)21/h1-8H,9-11H2. The van der Waals surface area contributed by atoms with Crippen LogP contribution in [-0.4, -0.2) is 12.6 Å². The van der Waals surface area contributed by atoms with Gasteiger partial charge in [-0.05, 0) is 40.1 Å². The lowest BCUT2D eigenvalue weighted by Crippen LogP contribution is -2.34. The first kappa shape index (κ1) is 13.2. The Labute approximate surface area is 126 Å². The van der Waals surface area contributed by atoms with Crippen molar-refractivity contribution in [3.63, 3.8) is 0 Å². The molecule has 112 valence electrons. The van der Waals surface area contributed by atoms with Gasteiger partial charge in [0.15, 0.2) is 0 Å². The van der Waals surface area contributed by atoms with Gasteiger partial charge in [-0.2, -0.15) is 13.8 Å². The molecule has 0 saturated carbocycles. The number of benzene rings is 2. The second-order valence-electron chi connectivity index (χ2n) is 5.46. The zero-order valence-corrected chi connectivity index (χ0v) is 11.8. The molecule has 0 saturated heterocycles. The Kier molecular flexibility index (Phi) is 2.85. The quantitative estimate of drug-likeness (QED) is 0.620. The van der Waals surface area contributed by atoms with Gasteiger partial charge in [-0.25, -0.2) is 5.01 Å². The molecule has 4 nitrogen and oxygen atoms in total. The summed E-state index contributed by atoms with van der Waals surface area (Å²) < 4.78 is 28.2. The molecule has 0 N–H and O–H groups in total. The fourth-order valence-electron chi connectivity index (χ4n) is 2.96. The van der Waals surface area contributed by atoms with Crippen LogP contribution >= 0.6 is 0 Å². The molecule has 0 fully saturated rings. The van der Waals surface area contributed by atoms with Crippen LogP contribution in [0.3, 0.4) is 0 Å². The zero-order valence-electron chi connectivity index (χ0n) is 11.8. The summed E-state index contributed by atoms with van der Waals surface area (Å²) in [6.07, 6.45) is 0.515. The van der Waals surface area contributed by atoms with Crippen molar-refractivity contribution in [2.45, 2.75) is 18.9 Å². The van der Waals surface area contributed by atoms with Gasteiger partial charge in [0, 0.05) is 6.54 Å². The molecule has 22 heavy (non-hydrogen) atoms. The molecule has 0 unspecified atom stereocenters. The largest absolute Gasteiger partial charge is 0.349 e. The smallest absolute Gasteiger partial charge is 0.245 e. The van der Waals surface area contributed by atoms with Gasteiger partial charge < -0.3 is 0 Å². The number of alkyl halides is 2. The molecule has 0 aliphatic carbocycles. The third kappa shape index (κ3) is 2.03. The monoisotopic (exact) mass is 300 g/mol. The fraction of sp³-hybridized carbons (Fsp3) is 0.250. The van der Waals surface area contributed by atoms with E-state index in [2.05, 4.69) is 10.4 Å². The summed E-state index contributed by atoms with van der Waals surface area (Å²) in [4.78, 5) is 0.